The van der Waals surface area contributed by atoms with E-state index in [-0.39, 0.29) is 29.4 Å². The minimum Gasteiger partial charge on any atom is -0.366 e. The fourth-order valence-electron chi connectivity index (χ4n) is 4.61. The minimum absolute atomic E-state index is 0.0496. The maximum absolute atomic E-state index is 14.0. The number of rotatable bonds is 6. The average molecular weight is 577 g/mol. The number of alkyl halides is 3. The van der Waals surface area contributed by atoms with E-state index in [4.69, 9.17) is 0 Å². The molecule has 12 heteroatoms. The van der Waals surface area contributed by atoms with E-state index in [0.717, 1.165) is 19.2 Å². The number of anilines is 2. The molecular formula is C30H31F3N8O. The summed E-state index contributed by atoms with van der Waals surface area (Å²) in [5.41, 5.74) is 1.26. The number of carbonyl (C=O) groups excluding carboxylic acids is 1. The molecule has 218 valence electrons. The summed E-state index contributed by atoms with van der Waals surface area (Å²) in [6, 6.07) is 9.32. The molecule has 4 heterocycles. The van der Waals surface area contributed by atoms with Gasteiger partial charge in [-0.3, -0.25) is 14.7 Å². The van der Waals surface area contributed by atoms with Gasteiger partial charge in [0.25, 0.3) is 5.91 Å². The van der Waals surface area contributed by atoms with E-state index in [9.17, 15) is 18.0 Å². The second-order valence-electron chi connectivity index (χ2n) is 10.5. The van der Waals surface area contributed by atoms with Crippen molar-refractivity contribution in [2.75, 3.05) is 43.9 Å². The van der Waals surface area contributed by atoms with Crippen LogP contribution < -0.4 is 10.6 Å². The van der Waals surface area contributed by atoms with Crippen LogP contribution >= 0.6 is 0 Å². The summed E-state index contributed by atoms with van der Waals surface area (Å²) in [5, 5.41) is 10.3. The van der Waals surface area contributed by atoms with Crippen molar-refractivity contribution >= 4 is 23.1 Å². The van der Waals surface area contributed by atoms with Gasteiger partial charge >= 0.3 is 6.18 Å². The van der Waals surface area contributed by atoms with Gasteiger partial charge in [-0.2, -0.15) is 13.2 Å². The van der Waals surface area contributed by atoms with Crippen LogP contribution in [0.4, 0.5) is 24.7 Å². The number of hydrogen-bond acceptors (Lipinski definition) is 7. The van der Waals surface area contributed by atoms with Crippen LogP contribution in [0.25, 0.3) is 5.65 Å². The maximum Gasteiger partial charge on any atom is 0.416 e. The Hall–Kier alpha value is -4.47. The van der Waals surface area contributed by atoms with Gasteiger partial charge in [0.05, 0.1) is 17.3 Å². The van der Waals surface area contributed by atoms with E-state index in [1.54, 1.807) is 10.7 Å². The Kier molecular flexibility index (Phi) is 8.42. The molecule has 1 aliphatic rings. The number of aromatic nitrogens is 4. The van der Waals surface area contributed by atoms with E-state index in [2.05, 4.69) is 42.4 Å². The summed E-state index contributed by atoms with van der Waals surface area (Å²) >= 11 is 0. The van der Waals surface area contributed by atoms with Crippen molar-refractivity contribution in [1.29, 1.82) is 0 Å². The number of hydrogen-bond donors (Lipinski definition) is 2. The SMILES string of the molecule is CC(C)Nc1ccc2ncc(C#Cc3cncc(C(=O)Nc4ccc(CN5CCN(C)CC5)c(C(F)(F)F)c4)c3)n2n1. The lowest BCUT2D eigenvalue weighted by Crippen LogP contribution is -2.44. The lowest BCUT2D eigenvalue weighted by molar-refractivity contribution is -0.138. The van der Waals surface area contributed by atoms with Crippen LogP contribution in [0.5, 0.6) is 0 Å². The number of nitrogens with one attached hydrogen (secondary N) is 2. The number of carbonyl (C=O) groups is 1. The molecule has 9 nitrogen and oxygen atoms in total. The third-order valence-electron chi connectivity index (χ3n) is 6.80. The second-order valence-corrected chi connectivity index (χ2v) is 10.5. The van der Waals surface area contributed by atoms with Crippen molar-refractivity contribution in [3.05, 3.63) is 82.9 Å². The summed E-state index contributed by atoms with van der Waals surface area (Å²) in [6.07, 6.45) is -0.115. The zero-order chi connectivity index (χ0) is 29.9. The monoisotopic (exact) mass is 576 g/mol. The average Bonchev–Trinajstić information content (AvgIpc) is 3.35. The first-order chi connectivity index (χ1) is 20.0. The first-order valence-electron chi connectivity index (χ1n) is 13.6. The number of benzene rings is 1. The molecule has 0 spiro atoms. The molecule has 0 aliphatic carbocycles. The summed E-state index contributed by atoms with van der Waals surface area (Å²) in [5.74, 6) is 6.06. The van der Waals surface area contributed by atoms with Crippen molar-refractivity contribution in [3.8, 4) is 11.8 Å². The number of fused-ring (bicyclic) bond motifs is 1. The molecule has 4 aromatic rings. The second kappa shape index (κ2) is 12.2. The van der Waals surface area contributed by atoms with Crippen molar-refractivity contribution in [1.82, 2.24) is 29.4 Å². The van der Waals surface area contributed by atoms with Crippen LogP contribution in [0.3, 0.4) is 0 Å². The maximum atomic E-state index is 14.0. The minimum atomic E-state index is -4.56. The standard InChI is InChI=1S/C30H31F3N8O/c1-20(2)36-27-8-9-28-35-18-25(41(28)38-27)7-4-21-14-23(17-34-16-21)29(42)37-24-6-5-22(26(15-24)30(31,32)33)19-40-12-10-39(3)11-13-40/h5-6,8-9,14-18,20H,10-13,19H2,1-3H3,(H,36,38)(H,37,42). The van der Waals surface area contributed by atoms with Crippen molar-refractivity contribution < 1.29 is 18.0 Å². The Bertz CT molecular complexity index is 1650. The Labute approximate surface area is 241 Å². The van der Waals surface area contributed by atoms with Gasteiger partial charge in [-0.05, 0) is 62.7 Å². The van der Waals surface area contributed by atoms with Gasteiger partial charge < -0.3 is 15.5 Å². The Morgan fingerprint density at radius 3 is 2.55 bits per heavy atom. The highest BCUT2D eigenvalue weighted by atomic mass is 19.4. The third kappa shape index (κ3) is 7.05. The van der Waals surface area contributed by atoms with Gasteiger partial charge in [-0.1, -0.05) is 12.0 Å². The highest BCUT2D eigenvalue weighted by molar-refractivity contribution is 6.04. The molecule has 0 atom stereocenters. The zero-order valence-electron chi connectivity index (χ0n) is 23.5. The summed E-state index contributed by atoms with van der Waals surface area (Å²) < 4.78 is 43.5. The van der Waals surface area contributed by atoms with Crippen LogP contribution in [-0.2, 0) is 12.7 Å². The molecule has 1 aromatic carbocycles. The van der Waals surface area contributed by atoms with E-state index < -0.39 is 17.6 Å². The highest BCUT2D eigenvalue weighted by Crippen LogP contribution is 2.34. The normalized spacial score (nSPS) is 14.5. The van der Waals surface area contributed by atoms with Gasteiger partial charge in [0, 0.05) is 62.4 Å². The van der Waals surface area contributed by atoms with Crippen LogP contribution in [0.1, 0.15) is 46.6 Å². The number of likely N-dealkylation sites (N-methyl/N-ethyl adjacent to an activating group) is 1. The van der Waals surface area contributed by atoms with Gasteiger partial charge in [0.2, 0.25) is 0 Å². The molecule has 0 bridgehead atoms. The van der Waals surface area contributed by atoms with E-state index in [1.165, 1.54) is 30.6 Å². The number of halogens is 3. The lowest BCUT2D eigenvalue weighted by atomic mass is 10.0. The molecule has 1 fully saturated rings. The van der Waals surface area contributed by atoms with Gasteiger partial charge in [0.1, 0.15) is 11.5 Å². The van der Waals surface area contributed by atoms with Gasteiger partial charge in [-0.15, -0.1) is 5.10 Å². The molecule has 3 aromatic heterocycles. The molecule has 5 rings (SSSR count). The summed E-state index contributed by atoms with van der Waals surface area (Å²) in [4.78, 5) is 25.5. The largest absolute Gasteiger partial charge is 0.416 e. The molecule has 1 saturated heterocycles. The number of piperazine rings is 1. The van der Waals surface area contributed by atoms with E-state index in [1.807, 2.05) is 37.9 Å². The topological polar surface area (TPSA) is 90.7 Å². The Balaban J connectivity index is 1.32. The Morgan fingerprint density at radius 1 is 1.02 bits per heavy atom. The van der Waals surface area contributed by atoms with Crippen molar-refractivity contribution in [2.45, 2.75) is 32.6 Å². The zero-order valence-corrected chi connectivity index (χ0v) is 23.5. The quantitative estimate of drug-likeness (QED) is 0.330. The fraction of sp³-hybridized carbons (Fsp3) is 0.333. The fourth-order valence-corrected chi connectivity index (χ4v) is 4.61. The van der Waals surface area contributed by atoms with Crippen molar-refractivity contribution in [3.63, 3.8) is 0 Å². The predicted molar refractivity (Wildman–Crippen MR) is 154 cm³/mol. The smallest absolute Gasteiger partial charge is 0.366 e. The van der Waals surface area contributed by atoms with E-state index >= 15 is 0 Å². The number of imidazole rings is 1. The Morgan fingerprint density at radius 2 is 1.81 bits per heavy atom. The van der Waals surface area contributed by atoms with E-state index in [0.29, 0.717) is 35.8 Å². The van der Waals surface area contributed by atoms with Crippen LogP contribution in [0.2, 0.25) is 0 Å². The molecule has 1 aliphatic heterocycles. The van der Waals surface area contributed by atoms with Gasteiger partial charge in [-0.25, -0.2) is 9.50 Å². The van der Waals surface area contributed by atoms with Gasteiger partial charge in [0.15, 0.2) is 5.65 Å². The first kappa shape index (κ1) is 29.0. The molecule has 1 amide bonds. The summed E-state index contributed by atoms with van der Waals surface area (Å²) in [6.45, 7) is 7.22. The van der Waals surface area contributed by atoms with Crippen LogP contribution in [0.15, 0.2) is 55.0 Å². The van der Waals surface area contributed by atoms with Crippen LogP contribution in [-0.4, -0.2) is 74.6 Å². The van der Waals surface area contributed by atoms with Crippen LogP contribution in [0, 0.1) is 11.8 Å². The number of amides is 1. The molecule has 0 unspecified atom stereocenters. The number of pyridine rings is 1. The molecular weight excluding hydrogens is 545 g/mol. The molecule has 0 saturated carbocycles. The summed E-state index contributed by atoms with van der Waals surface area (Å²) in [7, 11) is 1.99. The van der Waals surface area contributed by atoms with Crippen molar-refractivity contribution in [2.24, 2.45) is 0 Å². The lowest BCUT2D eigenvalue weighted by Gasteiger charge is -2.33. The highest BCUT2D eigenvalue weighted by Gasteiger charge is 2.34. The third-order valence-corrected chi connectivity index (χ3v) is 6.80. The number of nitrogens with zero attached hydrogens (tertiary/aromatic N) is 6. The molecule has 2 N–H and O–H groups in total. The molecule has 0 radical (unpaired) electrons. The molecule has 42 heavy (non-hydrogen) atoms. The first-order valence-corrected chi connectivity index (χ1v) is 13.6. The predicted octanol–water partition coefficient (Wildman–Crippen LogP) is 4.36.